The van der Waals surface area contributed by atoms with Gasteiger partial charge >= 0.3 is 0 Å². The highest BCUT2D eigenvalue weighted by Crippen LogP contribution is 2.31. The Morgan fingerprint density at radius 1 is 1.09 bits per heavy atom. The Labute approximate surface area is 202 Å². The number of thiocarbonyl (C=S) groups is 1. The summed E-state index contributed by atoms with van der Waals surface area (Å²) in [5, 5.41) is 6.98. The van der Waals surface area contributed by atoms with Crippen LogP contribution in [0.1, 0.15) is 36.2 Å². The summed E-state index contributed by atoms with van der Waals surface area (Å²) in [5.41, 5.74) is 4.57. The second kappa shape index (κ2) is 10.1. The summed E-state index contributed by atoms with van der Waals surface area (Å²) < 4.78 is 6.93. The molecule has 4 rings (SSSR count). The molecule has 2 N–H and O–H groups in total. The largest absolute Gasteiger partial charge is 0.491 e. The minimum Gasteiger partial charge on any atom is -0.491 e. The van der Waals surface area contributed by atoms with Gasteiger partial charge in [-0.15, -0.1) is 11.3 Å². The number of carbonyl (C=O) groups is 1. The van der Waals surface area contributed by atoms with Crippen molar-refractivity contribution in [3.05, 3.63) is 77.9 Å². The number of nitrogens with one attached hydrogen (secondary N) is 2. The monoisotopic (exact) mass is 475 g/mol. The lowest BCUT2D eigenvalue weighted by Crippen LogP contribution is -2.34. The van der Waals surface area contributed by atoms with Gasteiger partial charge in [-0.3, -0.25) is 10.1 Å². The molecule has 33 heavy (non-hydrogen) atoms. The van der Waals surface area contributed by atoms with E-state index in [1.165, 1.54) is 10.3 Å². The molecule has 0 fully saturated rings. The van der Waals surface area contributed by atoms with Gasteiger partial charge in [-0.05, 0) is 98.7 Å². The molecular weight excluding hydrogens is 450 g/mol. The van der Waals surface area contributed by atoms with Crippen molar-refractivity contribution in [3.8, 4) is 16.3 Å². The molecule has 1 amide bonds. The van der Waals surface area contributed by atoms with E-state index in [0.29, 0.717) is 5.56 Å². The van der Waals surface area contributed by atoms with Gasteiger partial charge in [0.2, 0.25) is 0 Å². The van der Waals surface area contributed by atoms with E-state index in [2.05, 4.69) is 36.6 Å². The zero-order valence-electron chi connectivity index (χ0n) is 18.7. The van der Waals surface area contributed by atoms with Crippen LogP contribution in [0.15, 0.2) is 66.7 Å². The molecule has 7 heteroatoms. The highest BCUT2D eigenvalue weighted by atomic mass is 32.1. The number of aryl methyl sites for hydroxylation is 1. The highest BCUT2D eigenvalue weighted by Gasteiger charge is 2.10. The number of amides is 1. The minimum absolute atomic E-state index is 0.131. The fourth-order valence-electron chi connectivity index (χ4n) is 3.19. The van der Waals surface area contributed by atoms with Gasteiger partial charge in [0.25, 0.3) is 5.91 Å². The second-order valence-electron chi connectivity index (χ2n) is 7.84. The van der Waals surface area contributed by atoms with E-state index >= 15 is 0 Å². The Morgan fingerprint density at radius 3 is 2.52 bits per heavy atom. The van der Waals surface area contributed by atoms with E-state index < -0.39 is 0 Å². The number of hydrogen-bond donors (Lipinski definition) is 2. The predicted octanol–water partition coefficient (Wildman–Crippen LogP) is 6.58. The maximum atomic E-state index is 12.5. The van der Waals surface area contributed by atoms with Crippen LogP contribution in [0.2, 0.25) is 0 Å². The molecule has 1 aromatic heterocycles. The summed E-state index contributed by atoms with van der Waals surface area (Å²) in [6, 6.07) is 21.1. The van der Waals surface area contributed by atoms with Crippen molar-refractivity contribution in [3.63, 3.8) is 0 Å². The van der Waals surface area contributed by atoms with Crippen molar-refractivity contribution in [2.45, 2.75) is 33.3 Å². The summed E-state index contributed by atoms with van der Waals surface area (Å²) in [7, 11) is 0. The molecule has 0 spiro atoms. The third kappa shape index (κ3) is 5.74. The normalized spacial score (nSPS) is 11.7. The number of carbonyl (C=O) groups excluding carboxylic acids is 1. The molecule has 4 aromatic rings. The van der Waals surface area contributed by atoms with E-state index in [1.54, 1.807) is 35.6 Å². The summed E-state index contributed by atoms with van der Waals surface area (Å²) >= 11 is 6.99. The predicted molar refractivity (Wildman–Crippen MR) is 140 cm³/mol. The van der Waals surface area contributed by atoms with Crippen molar-refractivity contribution in [1.82, 2.24) is 10.3 Å². The molecule has 0 radical (unpaired) electrons. The van der Waals surface area contributed by atoms with Crippen LogP contribution in [0, 0.1) is 6.92 Å². The standard InChI is InChI=1S/C26H25N3O2S2/c1-4-17(3)31-21-12-8-18(9-13-21)24(30)29-26(32)27-20-10-6-19(7-11-20)25-28-22-14-5-16(2)15-23(22)33-25/h5-15,17H,4H2,1-3H3,(H2,27,29,30,32). The number of anilines is 1. The second-order valence-corrected chi connectivity index (χ2v) is 9.28. The lowest BCUT2D eigenvalue weighted by atomic mass is 10.2. The van der Waals surface area contributed by atoms with E-state index in [-0.39, 0.29) is 17.1 Å². The van der Waals surface area contributed by atoms with Gasteiger partial charge in [-0.25, -0.2) is 4.98 Å². The first-order valence-electron chi connectivity index (χ1n) is 10.8. The van der Waals surface area contributed by atoms with Gasteiger partial charge in [-0.1, -0.05) is 13.0 Å². The first kappa shape index (κ1) is 22.9. The van der Waals surface area contributed by atoms with Gasteiger partial charge in [0, 0.05) is 16.8 Å². The van der Waals surface area contributed by atoms with Crippen LogP contribution in [0.4, 0.5) is 5.69 Å². The molecule has 1 heterocycles. The maximum absolute atomic E-state index is 12.5. The number of rotatable bonds is 6. The number of fused-ring (bicyclic) bond motifs is 1. The molecule has 0 aliphatic heterocycles. The van der Waals surface area contributed by atoms with Crippen LogP contribution >= 0.6 is 23.6 Å². The lowest BCUT2D eigenvalue weighted by Gasteiger charge is -2.13. The molecule has 0 aliphatic rings. The Hall–Kier alpha value is -3.29. The number of ether oxygens (including phenoxy) is 1. The van der Waals surface area contributed by atoms with Crippen LogP contribution in [0.5, 0.6) is 5.75 Å². The quantitative estimate of drug-likeness (QED) is 0.309. The summed E-state index contributed by atoms with van der Waals surface area (Å²) in [4.78, 5) is 17.2. The van der Waals surface area contributed by atoms with E-state index in [0.717, 1.165) is 33.9 Å². The summed E-state index contributed by atoms with van der Waals surface area (Å²) in [6.45, 7) is 6.16. The Morgan fingerprint density at radius 2 is 1.82 bits per heavy atom. The Kier molecular flexibility index (Phi) is 7.01. The molecule has 0 saturated carbocycles. The Bertz CT molecular complexity index is 1280. The molecule has 3 aromatic carbocycles. The van der Waals surface area contributed by atoms with Gasteiger partial charge in [0.05, 0.1) is 16.3 Å². The first-order chi connectivity index (χ1) is 15.9. The van der Waals surface area contributed by atoms with E-state index in [1.807, 2.05) is 37.3 Å². The molecule has 0 aliphatic carbocycles. The third-order valence-corrected chi connectivity index (χ3v) is 6.46. The molecule has 0 bridgehead atoms. The maximum Gasteiger partial charge on any atom is 0.257 e. The van der Waals surface area contributed by atoms with Crippen molar-refractivity contribution in [1.29, 1.82) is 0 Å². The molecule has 168 valence electrons. The third-order valence-electron chi connectivity index (χ3n) is 5.19. The summed E-state index contributed by atoms with van der Waals surface area (Å²) in [5.74, 6) is 0.467. The number of benzene rings is 3. The van der Waals surface area contributed by atoms with Gasteiger partial charge in [0.15, 0.2) is 5.11 Å². The van der Waals surface area contributed by atoms with Crippen LogP contribution in [0.3, 0.4) is 0 Å². The number of aromatic nitrogens is 1. The molecule has 1 unspecified atom stereocenters. The van der Waals surface area contributed by atoms with Crippen molar-refractivity contribution >= 4 is 50.5 Å². The highest BCUT2D eigenvalue weighted by molar-refractivity contribution is 7.80. The Balaban J connectivity index is 1.35. The summed E-state index contributed by atoms with van der Waals surface area (Å²) in [6.07, 6.45) is 1.05. The zero-order valence-corrected chi connectivity index (χ0v) is 20.3. The number of thiazole rings is 1. The van der Waals surface area contributed by atoms with Crippen LogP contribution in [-0.2, 0) is 0 Å². The van der Waals surface area contributed by atoms with Gasteiger partial charge < -0.3 is 10.1 Å². The average molecular weight is 476 g/mol. The topological polar surface area (TPSA) is 63.2 Å². The van der Waals surface area contributed by atoms with Crippen molar-refractivity contribution in [2.75, 3.05) is 5.32 Å². The average Bonchev–Trinajstić information content (AvgIpc) is 3.23. The van der Waals surface area contributed by atoms with Crippen molar-refractivity contribution < 1.29 is 9.53 Å². The number of hydrogen-bond acceptors (Lipinski definition) is 5. The van der Waals surface area contributed by atoms with Gasteiger partial charge in [0.1, 0.15) is 10.8 Å². The smallest absolute Gasteiger partial charge is 0.257 e. The molecule has 0 saturated heterocycles. The lowest BCUT2D eigenvalue weighted by molar-refractivity contribution is 0.0977. The molecular formula is C26H25N3O2S2. The fourth-order valence-corrected chi connectivity index (χ4v) is 4.47. The van der Waals surface area contributed by atoms with Gasteiger partial charge in [-0.2, -0.15) is 0 Å². The van der Waals surface area contributed by atoms with Crippen molar-refractivity contribution in [2.24, 2.45) is 0 Å². The zero-order chi connectivity index (χ0) is 23.4. The fraction of sp³-hybridized carbons (Fsp3) is 0.192. The minimum atomic E-state index is -0.274. The molecule has 5 nitrogen and oxygen atoms in total. The van der Waals surface area contributed by atoms with E-state index in [9.17, 15) is 4.79 Å². The van der Waals surface area contributed by atoms with Crippen LogP contribution < -0.4 is 15.4 Å². The van der Waals surface area contributed by atoms with Crippen LogP contribution in [0.25, 0.3) is 20.8 Å². The van der Waals surface area contributed by atoms with E-state index in [4.69, 9.17) is 21.9 Å². The number of nitrogens with zero attached hydrogens (tertiary/aromatic N) is 1. The van der Waals surface area contributed by atoms with Crippen LogP contribution in [-0.4, -0.2) is 22.1 Å². The first-order valence-corrected chi connectivity index (χ1v) is 12.0. The SMILES string of the molecule is CCC(C)Oc1ccc(C(=O)NC(=S)Nc2ccc(-c3nc4ccc(C)cc4s3)cc2)cc1. The molecule has 1 atom stereocenters.